The molecule has 1 aliphatic rings. The molecule has 0 aliphatic carbocycles. The Morgan fingerprint density at radius 2 is 1.96 bits per heavy atom. The maximum atomic E-state index is 12.4. The Labute approximate surface area is 152 Å². The van der Waals surface area contributed by atoms with Gasteiger partial charge < -0.3 is 19.4 Å². The molecule has 3 aromatic rings. The number of nitrogens with zero attached hydrogens (tertiary/aromatic N) is 1. The third-order valence-corrected chi connectivity index (χ3v) is 5.17. The number of aromatic nitrogens is 1. The van der Waals surface area contributed by atoms with Gasteiger partial charge in [-0.1, -0.05) is 18.2 Å². The molecule has 2 heterocycles. The van der Waals surface area contributed by atoms with Gasteiger partial charge in [0.2, 0.25) is 5.91 Å². The molecule has 5 heteroatoms. The van der Waals surface area contributed by atoms with E-state index in [0.717, 1.165) is 34.7 Å². The molecule has 1 amide bonds. The third kappa shape index (κ3) is 2.51. The van der Waals surface area contributed by atoms with Crippen LogP contribution < -0.4 is 9.47 Å². The van der Waals surface area contributed by atoms with Gasteiger partial charge in [-0.25, -0.2) is 0 Å². The Balaban J connectivity index is 1.97. The summed E-state index contributed by atoms with van der Waals surface area (Å²) in [6.45, 7) is 2.29. The highest BCUT2D eigenvalue weighted by Crippen LogP contribution is 2.42. The van der Waals surface area contributed by atoms with Gasteiger partial charge in [-0.05, 0) is 36.2 Å². The summed E-state index contributed by atoms with van der Waals surface area (Å²) in [6.07, 6.45) is 0.835. The molecule has 1 aliphatic heterocycles. The van der Waals surface area contributed by atoms with Gasteiger partial charge in [0.05, 0.1) is 14.2 Å². The fourth-order valence-electron chi connectivity index (χ4n) is 3.96. The van der Waals surface area contributed by atoms with E-state index in [1.807, 2.05) is 29.2 Å². The van der Waals surface area contributed by atoms with Gasteiger partial charge in [0, 0.05) is 35.6 Å². The van der Waals surface area contributed by atoms with Crippen molar-refractivity contribution in [1.29, 1.82) is 0 Å². The minimum Gasteiger partial charge on any atom is -0.497 e. The molecule has 0 fully saturated rings. The summed E-state index contributed by atoms with van der Waals surface area (Å²) < 4.78 is 11.0. The Hall–Kier alpha value is -2.95. The fourth-order valence-corrected chi connectivity index (χ4v) is 3.96. The van der Waals surface area contributed by atoms with Crippen LogP contribution in [0.4, 0.5) is 0 Å². The Morgan fingerprint density at radius 3 is 2.69 bits per heavy atom. The smallest absolute Gasteiger partial charge is 0.220 e. The second kappa shape index (κ2) is 6.41. The molecule has 5 nitrogen and oxygen atoms in total. The zero-order chi connectivity index (χ0) is 18.3. The van der Waals surface area contributed by atoms with E-state index in [1.54, 1.807) is 21.1 Å². The summed E-state index contributed by atoms with van der Waals surface area (Å²) in [6, 6.07) is 13.8. The van der Waals surface area contributed by atoms with Crippen LogP contribution in [0.3, 0.4) is 0 Å². The lowest BCUT2D eigenvalue weighted by atomic mass is 9.91. The van der Waals surface area contributed by atoms with Crippen LogP contribution >= 0.6 is 0 Å². The minimum absolute atomic E-state index is 0.0455. The van der Waals surface area contributed by atoms with Gasteiger partial charge in [-0.2, -0.15) is 0 Å². The first-order chi connectivity index (χ1) is 12.6. The number of methoxy groups -OCH3 is 2. The van der Waals surface area contributed by atoms with E-state index < -0.39 is 0 Å². The highest BCUT2D eigenvalue weighted by Gasteiger charge is 2.35. The van der Waals surface area contributed by atoms with Crippen molar-refractivity contribution in [1.82, 2.24) is 9.88 Å². The van der Waals surface area contributed by atoms with Crippen molar-refractivity contribution in [3.05, 3.63) is 59.3 Å². The number of carbonyl (C=O) groups is 1. The predicted octanol–water partition coefficient (Wildman–Crippen LogP) is 3.68. The number of ether oxygens (including phenoxy) is 2. The van der Waals surface area contributed by atoms with Crippen molar-refractivity contribution < 1.29 is 14.3 Å². The lowest BCUT2D eigenvalue weighted by molar-refractivity contribution is -0.130. The third-order valence-electron chi connectivity index (χ3n) is 5.17. The van der Waals surface area contributed by atoms with E-state index in [-0.39, 0.29) is 11.9 Å². The number of fused-ring (bicyclic) bond motifs is 3. The number of H-pyrrole nitrogens is 1. The van der Waals surface area contributed by atoms with Crippen LogP contribution in [-0.4, -0.2) is 36.6 Å². The van der Waals surface area contributed by atoms with Gasteiger partial charge in [0.15, 0.2) is 0 Å². The van der Waals surface area contributed by atoms with Gasteiger partial charge >= 0.3 is 0 Å². The Kier molecular flexibility index (Phi) is 4.07. The molecule has 1 aromatic heterocycles. The number of benzene rings is 2. The summed E-state index contributed by atoms with van der Waals surface area (Å²) in [5, 5.41) is 1.22. The number of nitrogens with one attached hydrogen (secondary N) is 1. The highest BCUT2D eigenvalue weighted by molar-refractivity contribution is 5.86. The summed E-state index contributed by atoms with van der Waals surface area (Å²) in [5.74, 6) is 1.53. The van der Waals surface area contributed by atoms with E-state index >= 15 is 0 Å². The predicted molar refractivity (Wildman–Crippen MR) is 101 cm³/mol. The summed E-state index contributed by atoms with van der Waals surface area (Å²) >= 11 is 0. The summed E-state index contributed by atoms with van der Waals surface area (Å²) in [4.78, 5) is 17.8. The van der Waals surface area contributed by atoms with E-state index in [9.17, 15) is 4.79 Å². The quantitative estimate of drug-likeness (QED) is 0.784. The first-order valence-electron chi connectivity index (χ1n) is 8.72. The molecule has 4 rings (SSSR count). The van der Waals surface area contributed by atoms with Gasteiger partial charge in [-0.3, -0.25) is 4.79 Å². The molecule has 1 unspecified atom stereocenters. The molecule has 0 saturated carbocycles. The molecular formula is C21H22N2O3. The standard InChI is InChI=1S/C21H22N2O3/c1-13(24)23-11-10-16-15-6-4-5-7-18(15)22-20(16)21(23)17-12-14(25-2)8-9-19(17)26-3/h4-9,12,21-22H,10-11H2,1-3H3. The molecule has 0 spiro atoms. The zero-order valence-corrected chi connectivity index (χ0v) is 15.2. The van der Waals surface area contributed by atoms with Crippen molar-refractivity contribution in [2.75, 3.05) is 20.8 Å². The van der Waals surface area contributed by atoms with Crippen molar-refractivity contribution in [2.45, 2.75) is 19.4 Å². The van der Waals surface area contributed by atoms with Crippen molar-refractivity contribution in [2.24, 2.45) is 0 Å². The highest BCUT2D eigenvalue weighted by atomic mass is 16.5. The largest absolute Gasteiger partial charge is 0.497 e. The van der Waals surface area contributed by atoms with Crippen LogP contribution in [0.2, 0.25) is 0 Å². The number of amides is 1. The van der Waals surface area contributed by atoms with Crippen molar-refractivity contribution >= 4 is 16.8 Å². The van der Waals surface area contributed by atoms with Gasteiger partial charge in [-0.15, -0.1) is 0 Å². The molecular weight excluding hydrogens is 328 g/mol. The fraction of sp³-hybridized carbons (Fsp3) is 0.286. The van der Waals surface area contributed by atoms with Crippen LogP contribution in [0.5, 0.6) is 11.5 Å². The number of para-hydroxylation sites is 1. The molecule has 0 radical (unpaired) electrons. The van der Waals surface area contributed by atoms with Crippen molar-refractivity contribution in [3.63, 3.8) is 0 Å². The summed E-state index contributed by atoms with van der Waals surface area (Å²) in [7, 11) is 3.29. The van der Waals surface area contributed by atoms with E-state index in [2.05, 4.69) is 23.2 Å². The topological polar surface area (TPSA) is 54.6 Å². The van der Waals surface area contributed by atoms with E-state index in [4.69, 9.17) is 9.47 Å². The van der Waals surface area contributed by atoms with Crippen molar-refractivity contribution in [3.8, 4) is 11.5 Å². The van der Waals surface area contributed by atoms with E-state index in [0.29, 0.717) is 6.54 Å². The first-order valence-corrected chi connectivity index (χ1v) is 8.72. The Bertz CT molecular complexity index is 977. The SMILES string of the molecule is COc1ccc(OC)c(C2c3[nH]c4ccccc4c3CCN2C(C)=O)c1. The lowest BCUT2D eigenvalue weighted by Crippen LogP contribution is -2.39. The monoisotopic (exact) mass is 350 g/mol. The number of rotatable bonds is 3. The second-order valence-corrected chi connectivity index (χ2v) is 6.54. The number of hydrogen-bond donors (Lipinski definition) is 1. The number of hydrogen-bond acceptors (Lipinski definition) is 3. The van der Waals surface area contributed by atoms with Crippen LogP contribution in [0.1, 0.15) is 29.8 Å². The molecule has 1 atom stereocenters. The molecule has 134 valence electrons. The molecule has 26 heavy (non-hydrogen) atoms. The van der Waals surface area contributed by atoms with Crippen LogP contribution in [0, 0.1) is 0 Å². The summed E-state index contributed by atoms with van der Waals surface area (Å²) in [5.41, 5.74) is 4.34. The van der Waals surface area contributed by atoms with Crippen LogP contribution in [0.15, 0.2) is 42.5 Å². The maximum Gasteiger partial charge on any atom is 0.220 e. The normalized spacial score (nSPS) is 16.4. The maximum absolute atomic E-state index is 12.4. The molecule has 0 saturated heterocycles. The van der Waals surface area contributed by atoms with E-state index in [1.165, 1.54) is 10.9 Å². The lowest BCUT2D eigenvalue weighted by Gasteiger charge is -2.36. The minimum atomic E-state index is -0.228. The second-order valence-electron chi connectivity index (χ2n) is 6.54. The van der Waals surface area contributed by atoms with Gasteiger partial charge in [0.25, 0.3) is 0 Å². The van der Waals surface area contributed by atoms with Crippen LogP contribution in [0.25, 0.3) is 10.9 Å². The van der Waals surface area contributed by atoms with Gasteiger partial charge in [0.1, 0.15) is 17.5 Å². The molecule has 2 aromatic carbocycles. The number of carbonyl (C=O) groups excluding carboxylic acids is 1. The average molecular weight is 350 g/mol. The molecule has 1 N–H and O–H groups in total. The number of aromatic amines is 1. The molecule has 0 bridgehead atoms. The van der Waals surface area contributed by atoms with Crippen LogP contribution in [-0.2, 0) is 11.2 Å². The average Bonchev–Trinajstić information content (AvgIpc) is 3.05. The zero-order valence-electron chi connectivity index (χ0n) is 15.2. The first kappa shape index (κ1) is 16.5. The Morgan fingerprint density at radius 1 is 1.15 bits per heavy atom.